The van der Waals surface area contributed by atoms with Gasteiger partial charge in [0.05, 0.1) is 11.0 Å². The molecule has 0 spiro atoms. The van der Waals surface area contributed by atoms with E-state index in [9.17, 15) is 12.8 Å². The van der Waals surface area contributed by atoms with Crippen LogP contribution in [-0.2, 0) is 21.3 Å². The second-order valence-electron chi connectivity index (χ2n) is 4.85. The van der Waals surface area contributed by atoms with Crippen molar-refractivity contribution in [2.75, 3.05) is 7.11 Å². The Morgan fingerprint density at radius 3 is 2.85 bits per heavy atom. The molecular weight excluding hydrogens is 283 g/mol. The van der Waals surface area contributed by atoms with E-state index in [4.69, 9.17) is 10.5 Å². The van der Waals surface area contributed by atoms with Gasteiger partial charge in [-0.3, -0.25) is 0 Å². The fraction of sp³-hybridized carbons (Fsp3) is 0.538. The molecule has 0 heterocycles. The lowest BCUT2D eigenvalue weighted by molar-refractivity contribution is 0.0916. The third-order valence-electron chi connectivity index (χ3n) is 3.63. The number of halogens is 1. The van der Waals surface area contributed by atoms with Crippen molar-refractivity contribution in [2.45, 2.75) is 42.8 Å². The van der Waals surface area contributed by atoms with Crippen LogP contribution in [0.5, 0.6) is 0 Å². The predicted molar refractivity (Wildman–Crippen MR) is 73.0 cm³/mol. The lowest BCUT2D eigenvalue weighted by Gasteiger charge is -2.20. The van der Waals surface area contributed by atoms with Crippen molar-refractivity contribution in [3.8, 4) is 0 Å². The molecule has 3 N–H and O–H groups in total. The summed E-state index contributed by atoms with van der Waals surface area (Å²) in [6.45, 7) is -0.165. The highest BCUT2D eigenvalue weighted by Crippen LogP contribution is 2.25. The van der Waals surface area contributed by atoms with Crippen LogP contribution in [0.3, 0.4) is 0 Å². The molecule has 0 aromatic heterocycles. The van der Waals surface area contributed by atoms with Crippen LogP contribution in [0.1, 0.15) is 24.8 Å². The van der Waals surface area contributed by atoms with Crippen molar-refractivity contribution in [3.05, 3.63) is 29.6 Å². The first-order valence-corrected chi connectivity index (χ1v) is 8.00. The minimum Gasteiger partial charge on any atom is -0.380 e. The Bertz CT molecular complexity index is 577. The number of benzene rings is 1. The highest BCUT2D eigenvalue weighted by Gasteiger charge is 2.32. The maximum absolute atomic E-state index is 13.6. The van der Waals surface area contributed by atoms with Gasteiger partial charge in [0.25, 0.3) is 0 Å². The lowest BCUT2D eigenvalue weighted by atomic mass is 10.2. The zero-order valence-electron chi connectivity index (χ0n) is 11.3. The molecule has 7 heteroatoms. The summed E-state index contributed by atoms with van der Waals surface area (Å²) in [6, 6.07) is 3.66. The molecule has 1 aromatic carbocycles. The van der Waals surface area contributed by atoms with Gasteiger partial charge in [-0.15, -0.1) is 0 Å². The van der Waals surface area contributed by atoms with Gasteiger partial charge in [-0.2, -0.15) is 0 Å². The van der Waals surface area contributed by atoms with E-state index in [1.165, 1.54) is 18.2 Å². The minimum atomic E-state index is -3.80. The van der Waals surface area contributed by atoms with Gasteiger partial charge in [0.1, 0.15) is 5.82 Å². The van der Waals surface area contributed by atoms with Crippen LogP contribution in [0.2, 0.25) is 0 Å². The number of sulfonamides is 1. The Balaban J connectivity index is 2.29. The van der Waals surface area contributed by atoms with E-state index in [0.717, 1.165) is 12.8 Å². The standard InChI is InChI=1S/C13H19FN2O3S/c1-19-12-6-3-5-11(12)16-20(17,18)13-7-2-4-10(14)9(13)8-15/h2,4,7,11-12,16H,3,5-6,8,15H2,1H3. The van der Waals surface area contributed by atoms with Gasteiger partial charge in [-0.1, -0.05) is 6.07 Å². The van der Waals surface area contributed by atoms with Crippen LogP contribution >= 0.6 is 0 Å². The fourth-order valence-corrected chi connectivity index (χ4v) is 4.15. The summed E-state index contributed by atoms with van der Waals surface area (Å²) in [5, 5.41) is 0. The first kappa shape index (κ1) is 15.4. The van der Waals surface area contributed by atoms with Gasteiger partial charge in [0.2, 0.25) is 10.0 Å². The van der Waals surface area contributed by atoms with Gasteiger partial charge in [-0.25, -0.2) is 17.5 Å². The van der Waals surface area contributed by atoms with Crippen LogP contribution < -0.4 is 10.5 Å². The molecule has 0 saturated heterocycles. The normalized spacial score (nSPS) is 23.1. The second-order valence-corrected chi connectivity index (χ2v) is 6.54. The highest BCUT2D eigenvalue weighted by atomic mass is 32.2. The Kier molecular flexibility index (Phi) is 4.74. The number of hydrogen-bond acceptors (Lipinski definition) is 4. The summed E-state index contributed by atoms with van der Waals surface area (Å²) < 4.78 is 46.3. The van der Waals surface area contributed by atoms with E-state index in [1.807, 2.05) is 0 Å². The van der Waals surface area contributed by atoms with Crippen molar-refractivity contribution in [1.82, 2.24) is 4.72 Å². The largest absolute Gasteiger partial charge is 0.380 e. The average molecular weight is 302 g/mol. The molecule has 1 fully saturated rings. The zero-order valence-corrected chi connectivity index (χ0v) is 12.1. The van der Waals surface area contributed by atoms with Gasteiger partial charge in [-0.05, 0) is 31.4 Å². The highest BCUT2D eigenvalue weighted by molar-refractivity contribution is 7.89. The summed E-state index contributed by atoms with van der Waals surface area (Å²) >= 11 is 0. The van der Waals surface area contributed by atoms with Crippen molar-refractivity contribution in [2.24, 2.45) is 5.73 Å². The molecule has 1 aromatic rings. The Morgan fingerprint density at radius 1 is 1.45 bits per heavy atom. The lowest BCUT2D eigenvalue weighted by Crippen LogP contribution is -2.41. The minimum absolute atomic E-state index is 0.00645. The van der Waals surface area contributed by atoms with Crippen LogP contribution in [0.4, 0.5) is 4.39 Å². The predicted octanol–water partition coefficient (Wildman–Crippen LogP) is 1.13. The molecule has 1 aliphatic carbocycles. The molecule has 0 amide bonds. The maximum Gasteiger partial charge on any atom is 0.241 e. The summed E-state index contributed by atoms with van der Waals surface area (Å²) in [5.74, 6) is -0.606. The molecule has 0 bridgehead atoms. The summed E-state index contributed by atoms with van der Waals surface area (Å²) in [4.78, 5) is -0.0956. The maximum atomic E-state index is 13.6. The Labute approximate surface area is 118 Å². The number of rotatable bonds is 5. The smallest absolute Gasteiger partial charge is 0.241 e. The molecule has 0 radical (unpaired) electrons. The van der Waals surface area contributed by atoms with Crippen LogP contribution in [-0.4, -0.2) is 27.7 Å². The van der Waals surface area contributed by atoms with E-state index in [1.54, 1.807) is 7.11 Å². The molecule has 112 valence electrons. The number of nitrogens with two attached hydrogens (primary N) is 1. The molecule has 1 saturated carbocycles. The second kappa shape index (κ2) is 6.17. The Morgan fingerprint density at radius 2 is 2.20 bits per heavy atom. The van der Waals surface area contributed by atoms with E-state index in [0.29, 0.717) is 6.42 Å². The number of hydrogen-bond donors (Lipinski definition) is 2. The van der Waals surface area contributed by atoms with Gasteiger partial charge in [0.15, 0.2) is 0 Å². The van der Waals surface area contributed by atoms with Crippen molar-refractivity contribution >= 4 is 10.0 Å². The quantitative estimate of drug-likeness (QED) is 0.854. The number of ether oxygens (including phenoxy) is 1. The van der Waals surface area contributed by atoms with Crippen LogP contribution in [0.15, 0.2) is 23.1 Å². The molecule has 0 aliphatic heterocycles. The molecule has 2 rings (SSSR count). The molecular formula is C13H19FN2O3S. The van der Waals surface area contributed by atoms with Crippen molar-refractivity contribution in [1.29, 1.82) is 0 Å². The third-order valence-corrected chi connectivity index (χ3v) is 5.21. The van der Waals surface area contributed by atoms with E-state index in [-0.39, 0.29) is 29.1 Å². The summed E-state index contributed by atoms with van der Waals surface area (Å²) in [5.41, 5.74) is 5.46. The first-order valence-electron chi connectivity index (χ1n) is 6.52. The van der Waals surface area contributed by atoms with Crippen LogP contribution in [0, 0.1) is 5.82 Å². The van der Waals surface area contributed by atoms with Gasteiger partial charge < -0.3 is 10.5 Å². The SMILES string of the molecule is COC1CCCC1NS(=O)(=O)c1cccc(F)c1CN. The van der Waals surface area contributed by atoms with Gasteiger partial charge in [0, 0.05) is 25.3 Å². The topological polar surface area (TPSA) is 81.4 Å². The summed E-state index contributed by atoms with van der Waals surface area (Å²) in [6.07, 6.45) is 2.29. The van der Waals surface area contributed by atoms with Crippen molar-refractivity contribution in [3.63, 3.8) is 0 Å². The van der Waals surface area contributed by atoms with E-state index < -0.39 is 15.8 Å². The fourth-order valence-electron chi connectivity index (χ4n) is 2.59. The number of methoxy groups -OCH3 is 1. The Hall–Kier alpha value is -1.02. The van der Waals surface area contributed by atoms with Gasteiger partial charge >= 0.3 is 0 Å². The summed E-state index contributed by atoms with van der Waals surface area (Å²) in [7, 11) is -2.24. The first-order chi connectivity index (χ1) is 9.49. The monoisotopic (exact) mass is 302 g/mol. The van der Waals surface area contributed by atoms with Crippen molar-refractivity contribution < 1.29 is 17.5 Å². The van der Waals surface area contributed by atoms with E-state index in [2.05, 4.69) is 4.72 Å². The number of nitrogens with one attached hydrogen (secondary N) is 1. The molecule has 20 heavy (non-hydrogen) atoms. The molecule has 2 unspecified atom stereocenters. The van der Waals surface area contributed by atoms with Crippen LogP contribution in [0.25, 0.3) is 0 Å². The molecule has 2 atom stereocenters. The molecule has 1 aliphatic rings. The third kappa shape index (κ3) is 3.01. The zero-order chi connectivity index (χ0) is 14.8. The van der Waals surface area contributed by atoms with E-state index >= 15 is 0 Å². The molecule has 5 nitrogen and oxygen atoms in total. The average Bonchev–Trinajstić information content (AvgIpc) is 2.84.